The van der Waals surface area contributed by atoms with Gasteiger partial charge in [0, 0.05) is 5.33 Å². The van der Waals surface area contributed by atoms with Crippen LogP contribution < -0.4 is 0 Å². The lowest BCUT2D eigenvalue weighted by atomic mass is 10.1. The molecule has 0 radical (unpaired) electrons. The molecule has 1 aromatic rings. The van der Waals surface area contributed by atoms with Crippen molar-refractivity contribution in [2.45, 2.75) is 11.8 Å². The Hall–Kier alpha value is -1.11. The average Bonchev–Trinajstić information content (AvgIpc) is 2.26. The third-order valence-electron chi connectivity index (χ3n) is 1.84. The summed E-state index contributed by atoms with van der Waals surface area (Å²) in [7, 11) is 1.05. The van der Waals surface area contributed by atoms with Gasteiger partial charge in [0.2, 0.25) is 5.95 Å². The van der Waals surface area contributed by atoms with E-state index in [0.29, 0.717) is 0 Å². The van der Waals surface area contributed by atoms with Crippen LogP contribution in [0.5, 0.6) is 0 Å². The SMILES string of the molecule is COC(=O)c1c(CBr)cc(F)nc1C(F)F. The predicted molar refractivity (Wildman–Crippen MR) is 53.1 cm³/mol. The standard InChI is InChI=1S/C9H7BrF3NO2/c1-16-9(15)6-4(3-10)2-5(11)14-7(6)8(12)13/h2,8H,3H2,1H3. The summed E-state index contributed by atoms with van der Waals surface area (Å²) in [5, 5.41) is 0.0522. The fourth-order valence-electron chi connectivity index (χ4n) is 1.18. The summed E-state index contributed by atoms with van der Waals surface area (Å²) in [6.45, 7) is 0. The summed E-state index contributed by atoms with van der Waals surface area (Å²) in [5.74, 6) is -2.02. The summed E-state index contributed by atoms with van der Waals surface area (Å²) < 4.78 is 42.4. The number of alkyl halides is 3. The number of esters is 1. The highest BCUT2D eigenvalue weighted by Gasteiger charge is 2.25. The minimum Gasteiger partial charge on any atom is -0.465 e. The van der Waals surface area contributed by atoms with Crippen molar-refractivity contribution in [1.29, 1.82) is 0 Å². The van der Waals surface area contributed by atoms with Crippen LogP contribution in [0.15, 0.2) is 6.07 Å². The molecule has 16 heavy (non-hydrogen) atoms. The van der Waals surface area contributed by atoms with E-state index < -0.39 is 29.6 Å². The maximum absolute atomic E-state index is 12.9. The van der Waals surface area contributed by atoms with Crippen molar-refractivity contribution in [3.8, 4) is 0 Å². The number of halogens is 4. The van der Waals surface area contributed by atoms with E-state index >= 15 is 0 Å². The lowest BCUT2D eigenvalue weighted by Gasteiger charge is -2.10. The number of nitrogens with zero attached hydrogens (tertiary/aromatic N) is 1. The fourth-order valence-corrected chi connectivity index (χ4v) is 1.63. The van der Waals surface area contributed by atoms with Crippen LogP contribution >= 0.6 is 15.9 Å². The van der Waals surface area contributed by atoms with Crippen molar-refractivity contribution < 1.29 is 22.7 Å². The Morgan fingerprint density at radius 3 is 2.69 bits per heavy atom. The summed E-state index contributed by atoms with van der Waals surface area (Å²) in [6, 6.07) is 0.910. The van der Waals surface area contributed by atoms with Crippen molar-refractivity contribution >= 4 is 21.9 Å². The Morgan fingerprint density at radius 1 is 1.62 bits per heavy atom. The second-order valence-corrected chi connectivity index (χ2v) is 3.35. The van der Waals surface area contributed by atoms with Crippen LogP contribution in [-0.4, -0.2) is 18.1 Å². The maximum atomic E-state index is 12.9. The van der Waals surface area contributed by atoms with Crippen LogP contribution in [0.1, 0.15) is 28.0 Å². The summed E-state index contributed by atoms with van der Waals surface area (Å²) in [4.78, 5) is 14.3. The number of pyridine rings is 1. The van der Waals surface area contributed by atoms with Crippen LogP contribution in [0, 0.1) is 5.95 Å². The highest BCUT2D eigenvalue weighted by atomic mass is 79.9. The van der Waals surface area contributed by atoms with Crippen molar-refractivity contribution in [2.24, 2.45) is 0 Å². The lowest BCUT2D eigenvalue weighted by Crippen LogP contribution is -2.12. The number of carbonyl (C=O) groups is 1. The zero-order valence-electron chi connectivity index (χ0n) is 8.14. The highest BCUT2D eigenvalue weighted by molar-refractivity contribution is 9.08. The number of hydrogen-bond acceptors (Lipinski definition) is 3. The smallest absolute Gasteiger partial charge is 0.340 e. The fraction of sp³-hybridized carbons (Fsp3) is 0.333. The number of carbonyl (C=O) groups excluding carboxylic acids is 1. The van der Waals surface area contributed by atoms with E-state index in [1.165, 1.54) is 0 Å². The van der Waals surface area contributed by atoms with Gasteiger partial charge in [0.1, 0.15) is 5.69 Å². The van der Waals surface area contributed by atoms with E-state index in [1.807, 2.05) is 0 Å². The topological polar surface area (TPSA) is 39.2 Å². The van der Waals surface area contributed by atoms with E-state index in [9.17, 15) is 18.0 Å². The van der Waals surface area contributed by atoms with E-state index in [-0.39, 0.29) is 10.9 Å². The van der Waals surface area contributed by atoms with Gasteiger partial charge >= 0.3 is 5.97 Å². The molecule has 0 saturated heterocycles. The van der Waals surface area contributed by atoms with Gasteiger partial charge in [0.25, 0.3) is 6.43 Å². The van der Waals surface area contributed by atoms with Gasteiger partial charge in [-0.1, -0.05) is 15.9 Å². The quantitative estimate of drug-likeness (QED) is 0.489. The Labute approximate surface area is 97.8 Å². The molecular weight excluding hydrogens is 291 g/mol. The van der Waals surface area contributed by atoms with E-state index in [1.54, 1.807) is 0 Å². The molecule has 0 aliphatic rings. The second kappa shape index (κ2) is 5.29. The molecule has 0 bridgehead atoms. The molecule has 0 spiro atoms. The molecule has 3 nitrogen and oxygen atoms in total. The Bertz CT molecular complexity index is 412. The molecule has 88 valence electrons. The van der Waals surface area contributed by atoms with E-state index in [4.69, 9.17) is 0 Å². The molecule has 0 fully saturated rings. The van der Waals surface area contributed by atoms with Gasteiger partial charge in [-0.15, -0.1) is 0 Å². The van der Waals surface area contributed by atoms with Crippen LogP contribution in [-0.2, 0) is 10.1 Å². The maximum Gasteiger partial charge on any atom is 0.340 e. The molecule has 1 rings (SSSR count). The zero-order valence-corrected chi connectivity index (χ0v) is 9.72. The van der Waals surface area contributed by atoms with Gasteiger partial charge < -0.3 is 4.74 Å². The van der Waals surface area contributed by atoms with Crippen LogP contribution in [0.25, 0.3) is 0 Å². The van der Waals surface area contributed by atoms with Crippen LogP contribution in [0.2, 0.25) is 0 Å². The Kier molecular flexibility index (Phi) is 4.28. The number of methoxy groups -OCH3 is 1. The van der Waals surface area contributed by atoms with E-state index in [0.717, 1.165) is 13.2 Å². The molecule has 0 aliphatic carbocycles. The highest BCUT2D eigenvalue weighted by Crippen LogP contribution is 2.26. The minimum atomic E-state index is -3.04. The van der Waals surface area contributed by atoms with Gasteiger partial charge in [0.15, 0.2) is 0 Å². The normalized spacial score (nSPS) is 10.6. The van der Waals surface area contributed by atoms with Crippen molar-refractivity contribution in [3.63, 3.8) is 0 Å². The average molecular weight is 298 g/mol. The first-order valence-electron chi connectivity index (χ1n) is 4.13. The molecule has 0 aromatic carbocycles. The largest absolute Gasteiger partial charge is 0.465 e. The van der Waals surface area contributed by atoms with Crippen LogP contribution in [0.4, 0.5) is 13.2 Å². The van der Waals surface area contributed by atoms with Crippen molar-refractivity contribution in [1.82, 2.24) is 4.98 Å². The Balaban J connectivity index is 3.45. The molecule has 0 unspecified atom stereocenters. The Morgan fingerprint density at radius 2 is 2.25 bits per heavy atom. The number of ether oxygens (including phenoxy) is 1. The summed E-state index contributed by atoms with van der Waals surface area (Å²) in [5.41, 5.74) is -1.22. The molecule has 0 aliphatic heterocycles. The first-order chi connectivity index (χ1) is 7.51. The molecule has 7 heteroatoms. The van der Waals surface area contributed by atoms with E-state index in [2.05, 4.69) is 25.7 Å². The predicted octanol–water partition coefficient (Wildman–Crippen LogP) is 2.84. The summed E-state index contributed by atoms with van der Waals surface area (Å²) in [6.07, 6.45) is -3.04. The molecule has 0 saturated carbocycles. The summed E-state index contributed by atoms with van der Waals surface area (Å²) >= 11 is 2.98. The van der Waals surface area contributed by atoms with Gasteiger partial charge in [-0.05, 0) is 11.6 Å². The third kappa shape index (κ3) is 2.52. The van der Waals surface area contributed by atoms with Crippen molar-refractivity contribution in [2.75, 3.05) is 7.11 Å². The molecule has 0 atom stereocenters. The molecule has 1 heterocycles. The lowest BCUT2D eigenvalue weighted by molar-refractivity contribution is 0.0585. The molecule has 0 amide bonds. The second-order valence-electron chi connectivity index (χ2n) is 2.79. The van der Waals surface area contributed by atoms with Gasteiger partial charge in [0.05, 0.1) is 12.7 Å². The zero-order chi connectivity index (χ0) is 12.3. The molecule has 1 aromatic heterocycles. The third-order valence-corrected chi connectivity index (χ3v) is 2.44. The van der Waals surface area contributed by atoms with Crippen molar-refractivity contribution in [3.05, 3.63) is 28.8 Å². The number of aromatic nitrogens is 1. The first kappa shape index (κ1) is 13.0. The number of hydrogen-bond donors (Lipinski definition) is 0. The van der Waals surface area contributed by atoms with Gasteiger partial charge in [-0.2, -0.15) is 4.39 Å². The van der Waals surface area contributed by atoms with Gasteiger partial charge in [-0.3, -0.25) is 0 Å². The molecule has 0 N–H and O–H groups in total. The van der Waals surface area contributed by atoms with Crippen LogP contribution in [0.3, 0.4) is 0 Å². The minimum absolute atomic E-state index is 0.0522. The van der Waals surface area contributed by atoms with Gasteiger partial charge in [-0.25, -0.2) is 18.6 Å². The first-order valence-corrected chi connectivity index (χ1v) is 5.25. The monoisotopic (exact) mass is 297 g/mol. The number of rotatable bonds is 3. The molecular formula is C9H7BrF3NO2.